The number of hydrogen-bond donors (Lipinski definition) is 1. The molecule has 0 aliphatic carbocycles. The number of benzene rings is 2. The molecule has 23 heavy (non-hydrogen) atoms. The van der Waals surface area contributed by atoms with Crippen molar-refractivity contribution in [2.24, 2.45) is 5.10 Å². The molecule has 0 unspecified atom stereocenters. The lowest BCUT2D eigenvalue weighted by atomic mass is 10.2. The average Bonchev–Trinajstić information content (AvgIpc) is 2.48. The molecule has 120 valence electrons. The molecule has 1 amide bonds. The summed E-state index contributed by atoms with van der Waals surface area (Å²) < 4.78 is 7.37. The molecule has 0 heterocycles. The number of nitrogens with one attached hydrogen (secondary N) is 1. The quantitative estimate of drug-likeness (QED) is 0.509. The number of carbonyl (C=O) groups is 1. The van der Waals surface area contributed by atoms with Crippen molar-refractivity contribution in [1.29, 1.82) is 0 Å². The van der Waals surface area contributed by atoms with Gasteiger partial charge in [0.05, 0.1) is 15.2 Å². The molecule has 0 bridgehead atoms. The van der Waals surface area contributed by atoms with E-state index in [1.165, 1.54) is 6.92 Å². The van der Waals surface area contributed by atoms with Crippen molar-refractivity contribution in [1.82, 2.24) is 5.43 Å². The van der Waals surface area contributed by atoms with Gasteiger partial charge in [0.2, 0.25) is 5.91 Å². The molecule has 0 fully saturated rings. The Hall–Kier alpha value is -1.37. The van der Waals surface area contributed by atoms with Crippen LogP contribution in [0.3, 0.4) is 0 Å². The first-order valence-electron chi connectivity index (χ1n) is 6.62. The van der Waals surface area contributed by atoms with Gasteiger partial charge in [0.15, 0.2) is 0 Å². The lowest BCUT2D eigenvalue weighted by Crippen LogP contribution is -2.12. The van der Waals surface area contributed by atoms with Crippen LogP contribution in [0.15, 0.2) is 50.4 Å². The van der Waals surface area contributed by atoms with E-state index in [9.17, 15) is 4.79 Å². The molecule has 0 radical (unpaired) electrons. The van der Waals surface area contributed by atoms with Gasteiger partial charge in [-0.3, -0.25) is 4.79 Å². The summed E-state index contributed by atoms with van der Waals surface area (Å²) in [6.07, 6.45) is 1.55. The number of hydrazone groups is 1. The lowest BCUT2D eigenvalue weighted by Gasteiger charge is -2.12. The molecule has 1 N–H and O–H groups in total. The van der Waals surface area contributed by atoms with Crippen LogP contribution >= 0.6 is 43.5 Å². The zero-order chi connectivity index (χ0) is 16.8. The molecule has 0 aliphatic heterocycles. The van der Waals surface area contributed by atoms with E-state index in [1.54, 1.807) is 6.21 Å². The van der Waals surface area contributed by atoms with Crippen molar-refractivity contribution in [3.8, 4) is 5.75 Å². The number of ether oxygens (including phenoxy) is 1. The van der Waals surface area contributed by atoms with Crippen molar-refractivity contribution < 1.29 is 9.53 Å². The van der Waals surface area contributed by atoms with Gasteiger partial charge in [0.1, 0.15) is 12.4 Å². The Kier molecular flexibility index (Phi) is 6.62. The van der Waals surface area contributed by atoms with Crippen LogP contribution in [0, 0.1) is 0 Å². The molecule has 0 spiro atoms. The summed E-state index contributed by atoms with van der Waals surface area (Å²) in [5.74, 6) is 0.445. The van der Waals surface area contributed by atoms with E-state index in [-0.39, 0.29) is 5.91 Å². The van der Waals surface area contributed by atoms with Crippen molar-refractivity contribution in [3.05, 3.63) is 61.5 Å². The van der Waals surface area contributed by atoms with Crippen molar-refractivity contribution in [3.63, 3.8) is 0 Å². The predicted molar refractivity (Wildman–Crippen MR) is 99.0 cm³/mol. The molecular formula is C16H13Br2ClN2O2. The molecule has 2 aromatic rings. The van der Waals surface area contributed by atoms with Crippen LogP contribution in [-0.2, 0) is 11.4 Å². The Labute approximate surface area is 156 Å². The van der Waals surface area contributed by atoms with Gasteiger partial charge in [-0.2, -0.15) is 5.10 Å². The Bertz CT molecular complexity index is 728. The largest absolute Gasteiger partial charge is 0.486 e. The maximum absolute atomic E-state index is 10.8. The summed E-state index contributed by atoms with van der Waals surface area (Å²) in [7, 11) is 0. The summed E-state index contributed by atoms with van der Waals surface area (Å²) >= 11 is 13.1. The van der Waals surface area contributed by atoms with E-state index in [0.717, 1.165) is 20.1 Å². The van der Waals surface area contributed by atoms with Crippen LogP contribution in [0.4, 0.5) is 0 Å². The molecular weight excluding hydrogens is 447 g/mol. The number of hydrogen-bond acceptors (Lipinski definition) is 3. The smallest absolute Gasteiger partial charge is 0.236 e. The minimum absolute atomic E-state index is 0.223. The maximum atomic E-state index is 10.8. The second-order valence-corrected chi connectivity index (χ2v) is 6.74. The minimum atomic E-state index is -0.223. The van der Waals surface area contributed by atoms with Gasteiger partial charge in [-0.05, 0) is 55.6 Å². The number of nitrogens with zero attached hydrogens (tertiary/aromatic N) is 1. The average molecular weight is 461 g/mol. The molecule has 2 rings (SSSR count). The topological polar surface area (TPSA) is 50.7 Å². The third-order valence-electron chi connectivity index (χ3n) is 2.79. The Balaban J connectivity index is 2.13. The van der Waals surface area contributed by atoms with E-state index in [1.807, 2.05) is 36.4 Å². The molecule has 7 heteroatoms. The minimum Gasteiger partial charge on any atom is -0.486 e. The molecule has 4 nitrogen and oxygen atoms in total. The standard InChI is InChI=1S/C16H13Br2ClN2O2/c1-10(22)21-20-8-11-6-13(17)16(14(18)7-11)23-9-12-4-2-3-5-15(12)19/h2-8H,9H2,1H3,(H,21,22)/b20-8-. The predicted octanol–water partition coefficient (Wildman–Crippen LogP) is 4.91. The first-order chi connectivity index (χ1) is 11.0. The van der Waals surface area contributed by atoms with E-state index in [0.29, 0.717) is 17.4 Å². The Morgan fingerprint density at radius 1 is 1.30 bits per heavy atom. The van der Waals surface area contributed by atoms with Crippen molar-refractivity contribution in [2.45, 2.75) is 13.5 Å². The highest BCUT2D eigenvalue weighted by molar-refractivity contribution is 9.11. The van der Waals surface area contributed by atoms with Crippen LogP contribution in [0.2, 0.25) is 5.02 Å². The second kappa shape index (κ2) is 8.47. The second-order valence-electron chi connectivity index (χ2n) is 4.62. The van der Waals surface area contributed by atoms with Gasteiger partial charge in [0, 0.05) is 17.5 Å². The Morgan fingerprint density at radius 2 is 1.96 bits per heavy atom. The SMILES string of the molecule is CC(=O)N/N=C\c1cc(Br)c(OCc2ccccc2Cl)c(Br)c1. The number of amides is 1. The van der Waals surface area contributed by atoms with Crippen LogP contribution in [0.5, 0.6) is 5.75 Å². The van der Waals surface area contributed by atoms with Gasteiger partial charge < -0.3 is 4.74 Å². The van der Waals surface area contributed by atoms with E-state index in [4.69, 9.17) is 16.3 Å². The molecule has 0 aromatic heterocycles. The normalized spacial score (nSPS) is 10.8. The first-order valence-corrected chi connectivity index (χ1v) is 8.58. The Morgan fingerprint density at radius 3 is 2.57 bits per heavy atom. The summed E-state index contributed by atoms with van der Waals surface area (Å²) in [4.78, 5) is 10.8. The highest BCUT2D eigenvalue weighted by Gasteiger charge is 2.10. The van der Waals surface area contributed by atoms with Crippen LogP contribution in [0.25, 0.3) is 0 Å². The molecule has 0 saturated heterocycles. The van der Waals surface area contributed by atoms with E-state index >= 15 is 0 Å². The summed E-state index contributed by atoms with van der Waals surface area (Å²) in [6, 6.07) is 11.2. The number of halogens is 3. The molecule has 0 saturated carbocycles. The molecule has 0 atom stereocenters. The molecule has 2 aromatic carbocycles. The van der Waals surface area contributed by atoms with Gasteiger partial charge in [-0.1, -0.05) is 29.8 Å². The lowest BCUT2D eigenvalue weighted by molar-refractivity contribution is -0.118. The fourth-order valence-electron chi connectivity index (χ4n) is 1.76. The zero-order valence-corrected chi connectivity index (χ0v) is 16.1. The zero-order valence-electron chi connectivity index (χ0n) is 12.1. The monoisotopic (exact) mass is 458 g/mol. The fraction of sp³-hybridized carbons (Fsp3) is 0.125. The summed E-state index contributed by atoms with van der Waals surface area (Å²) in [5, 5.41) is 4.50. The van der Waals surface area contributed by atoms with Gasteiger partial charge in [-0.25, -0.2) is 5.43 Å². The summed E-state index contributed by atoms with van der Waals surface area (Å²) in [6.45, 7) is 1.75. The highest BCUT2D eigenvalue weighted by atomic mass is 79.9. The van der Waals surface area contributed by atoms with Crippen molar-refractivity contribution >= 4 is 55.6 Å². The van der Waals surface area contributed by atoms with Gasteiger partial charge >= 0.3 is 0 Å². The van der Waals surface area contributed by atoms with E-state index in [2.05, 4.69) is 42.4 Å². The number of carbonyl (C=O) groups excluding carboxylic acids is 1. The van der Waals surface area contributed by atoms with Crippen LogP contribution < -0.4 is 10.2 Å². The van der Waals surface area contributed by atoms with Gasteiger partial charge in [0.25, 0.3) is 0 Å². The highest BCUT2D eigenvalue weighted by Crippen LogP contribution is 2.35. The number of rotatable bonds is 5. The third-order valence-corrected chi connectivity index (χ3v) is 4.33. The van der Waals surface area contributed by atoms with Crippen LogP contribution in [-0.4, -0.2) is 12.1 Å². The maximum Gasteiger partial charge on any atom is 0.236 e. The van der Waals surface area contributed by atoms with Crippen LogP contribution in [0.1, 0.15) is 18.1 Å². The fourth-order valence-corrected chi connectivity index (χ4v) is 3.40. The first kappa shape index (κ1) is 18.0. The molecule has 0 aliphatic rings. The summed E-state index contributed by atoms with van der Waals surface area (Å²) in [5.41, 5.74) is 4.07. The third kappa shape index (κ3) is 5.34. The van der Waals surface area contributed by atoms with Crippen molar-refractivity contribution in [2.75, 3.05) is 0 Å². The van der Waals surface area contributed by atoms with Gasteiger partial charge in [-0.15, -0.1) is 0 Å². The van der Waals surface area contributed by atoms with E-state index < -0.39 is 0 Å².